The first kappa shape index (κ1) is 21.6. The Morgan fingerprint density at radius 3 is 2.21 bits per heavy atom. The summed E-state index contributed by atoms with van der Waals surface area (Å²) in [7, 11) is -1.86. The molecule has 2 aromatic carbocycles. The van der Waals surface area contributed by atoms with E-state index >= 15 is 0 Å². The summed E-state index contributed by atoms with van der Waals surface area (Å²) in [6.45, 7) is 3.84. The number of para-hydroxylation sites is 1. The molecule has 0 aliphatic heterocycles. The highest BCUT2D eigenvalue weighted by Gasteiger charge is 2.18. The van der Waals surface area contributed by atoms with Gasteiger partial charge in [0.2, 0.25) is 10.0 Å². The molecule has 0 saturated carbocycles. The third kappa shape index (κ3) is 6.45. The van der Waals surface area contributed by atoms with E-state index in [0.717, 1.165) is 12.0 Å². The highest BCUT2D eigenvalue weighted by Crippen LogP contribution is 2.21. The van der Waals surface area contributed by atoms with Gasteiger partial charge in [-0.1, -0.05) is 18.2 Å². The van der Waals surface area contributed by atoms with Crippen LogP contribution in [0.1, 0.15) is 13.8 Å². The summed E-state index contributed by atoms with van der Waals surface area (Å²) >= 11 is 0. The van der Waals surface area contributed by atoms with Gasteiger partial charge in [-0.25, -0.2) is 8.42 Å². The van der Waals surface area contributed by atoms with E-state index in [0.29, 0.717) is 18.0 Å². The summed E-state index contributed by atoms with van der Waals surface area (Å²) in [5.74, 6) is 0.954. The maximum absolute atomic E-state index is 12.3. The van der Waals surface area contributed by atoms with Gasteiger partial charge in [0.25, 0.3) is 5.91 Å². The normalized spacial score (nSPS) is 13.3. The third-order valence-corrected chi connectivity index (χ3v) is 5.22. The molecule has 0 saturated heterocycles. The number of benzene rings is 2. The lowest BCUT2D eigenvalue weighted by Gasteiger charge is -2.20. The van der Waals surface area contributed by atoms with Crippen molar-refractivity contribution >= 4 is 21.6 Å². The van der Waals surface area contributed by atoms with Crippen LogP contribution in [-0.4, -0.2) is 46.4 Å². The molecule has 0 aliphatic rings. The Labute approximate surface area is 166 Å². The maximum Gasteiger partial charge on any atom is 0.261 e. The molecule has 0 fully saturated rings. The van der Waals surface area contributed by atoms with E-state index in [2.05, 4.69) is 5.32 Å². The van der Waals surface area contributed by atoms with Crippen LogP contribution in [0.15, 0.2) is 54.6 Å². The minimum Gasteiger partial charge on any atom is -0.491 e. The Morgan fingerprint density at radius 2 is 1.64 bits per heavy atom. The molecule has 0 heterocycles. The molecule has 1 amide bonds. The zero-order valence-electron chi connectivity index (χ0n) is 16.5. The fourth-order valence-electron chi connectivity index (χ4n) is 2.32. The van der Waals surface area contributed by atoms with Crippen molar-refractivity contribution in [3.63, 3.8) is 0 Å². The van der Waals surface area contributed by atoms with E-state index in [1.807, 2.05) is 37.3 Å². The standard InChI is InChI=1S/C20H26N2O5S/c1-15(14-26-18-8-6-5-7-9-18)21-20(23)16(2)27-19-12-10-17(11-13-19)22(3)28(4,24)25/h5-13,15-16H,14H2,1-4H3,(H,21,23). The lowest BCUT2D eigenvalue weighted by atomic mass is 10.3. The highest BCUT2D eigenvalue weighted by atomic mass is 32.2. The van der Waals surface area contributed by atoms with Crippen LogP contribution < -0.4 is 19.1 Å². The second kappa shape index (κ2) is 9.45. The Kier molecular flexibility index (Phi) is 7.28. The van der Waals surface area contributed by atoms with Gasteiger partial charge < -0.3 is 14.8 Å². The summed E-state index contributed by atoms with van der Waals surface area (Å²) in [5, 5.41) is 2.84. The van der Waals surface area contributed by atoms with E-state index in [1.54, 1.807) is 31.2 Å². The van der Waals surface area contributed by atoms with Gasteiger partial charge >= 0.3 is 0 Å². The Bertz CT molecular complexity index is 869. The Morgan fingerprint density at radius 1 is 1.04 bits per heavy atom. The number of hydrogen-bond acceptors (Lipinski definition) is 5. The number of carbonyl (C=O) groups excluding carboxylic acids is 1. The van der Waals surface area contributed by atoms with Crippen molar-refractivity contribution in [3.05, 3.63) is 54.6 Å². The van der Waals surface area contributed by atoms with E-state index in [9.17, 15) is 13.2 Å². The zero-order chi connectivity index (χ0) is 20.7. The van der Waals surface area contributed by atoms with E-state index in [-0.39, 0.29) is 11.9 Å². The van der Waals surface area contributed by atoms with Crippen molar-refractivity contribution < 1.29 is 22.7 Å². The predicted octanol–water partition coefficient (Wildman–Crippen LogP) is 2.43. The summed E-state index contributed by atoms with van der Waals surface area (Å²) in [5.41, 5.74) is 0.513. The molecule has 2 rings (SSSR count). The van der Waals surface area contributed by atoms with Crippen LogP contribution >= 0.6 is 0 Å². The van der Waals surface area contributed by atoms with Gasteiger partial charge in [0.05, 0.1) is 18.0 Å². The lowest BCUT2D eigenvalue weighted by Crippen LogP contribution is -2.43. The molecule has 152 valence electrons. The molecule has 0 aliphatic carbocycles. The number of nitrogens with zero attached hydrogens (tertiary/aromatic N) is 1. The summed E-state index contributed by atoms with van der Waals surface area (Å²) in [6.07, 6.45) is 0.421. The lowest BCUT2D eigenvalue weighted by molar-refractivity contribution is -0.128. The minimum absolute atomic E-state index is 0.190. The van der Waals surface area contributed by atoms with Gasteiger partial charge in [0, 0.05) is 7.05 Å². The Hall–Kier alpha value is -2.74. The van der Waals surface area contributed by atoms with Gasteiger partial charge in [-0.15, -0.1) is 0 Å². The number of hydrogen-bond donors (Lipinski definition) is 1. The van der Waals surface area contributed by atoms with Crippen molar-refractivity contribution in [1.82, 2.24) is 5.32 Å². The predicted molar refractivity (Wildman–Crippen MR) is 109 cm³/mol. The average molecular weight is 407 g/mol. The SMILES string of the molecule is CC(COc1ccccc1)NC(=O)C(C)Oc1ccc(N(C)S(C)(=O)=O)cc1. The van der Waals surface area contributed by atoms with E-state index in [1.165, 1.54) is 11.4 Å². The van der Waals surface area contributed by atoms with Gasteiger partial charge in [-0.3, -0.25) is 9.10 Å². The number of sulfonamides is 1. The fraction of sp³-hybridized carbons (Fsp3) is 0.350. The smallest absolute Gasteiger partial charge is 0.261 e. The highest BCUT2D eigenvalue weighted by molar-refractivity contribution is 7.92. The summed E-state index contributed by atoms with van der Waals surface area (Å²) < 4.78 is 35.6. The first-order valence-corrected chi connectivity index (χ1v) is 10.7. The minimum atomic E-state index is -3.33. The van der Waals surface area contributed by atoms with Crippen LogP contribution in [0, 0.1) is 0 Å². The van der Waals surface area contributed by atoms with Crippen molar-refractivity contribution in [1.29, 1.82) is 0 Å². The van der Waals surface area contributed by atoms with Gasteiger partial charge in [-0.05, 0) is 50.2 Å². The molecule has 2 unspecified atom stereocenters. The zero-order valence-corrected chi connectivity index (χ0v) is 17.3. The molecule has 0 bridgehead atoms. The molecule has 0 aromatic heterocycles. The topological polar surface area (TPSA) is 84.9 Å². The van der Waals surface area contributed by atoms with Crippen LogP contribution in [-0.2, 0) is 14.8 Å². The number of rotatable bonds is 9. The first-order valence-electron chi connectivity index (χ1n) is 8.85. The number of amides is 1. The van der Waals surface area contributed by atoms with Crippen molar-refractivity contribution in [2.75, 3.05) is 24.2 Å². The second-order valence-electron chi connectivity index (χ2n) is 6.52. The molecule has 8 heteroatoms. The largest absolute Gasteiger partial charge is 0.491 e. The number of nitrogens with one attached hydrogen (secondary N) is 1. The summed E-state index contributed by atoms with van der Waals surface area (Å²) in [4.78, 5) is 12.3. The van der Waals surface area contributed by atoms with Crippen LogP contribution in [0.2, 0.25) is 0 Å². The average Bonchev–Trinajstić information content (AvgIpc) is 2.66. The van der Waals surface area contributed by atoms with Gasteiger partial charge in [-0.2, -0.15) is 0 Å². The molecule has 28 heavy (non-hydrogen) atoms. The molecule has 1 N–H and O–H groups in total. The first-order chi connectivity index (χ1) is 13.2. The quantitative estimate of drug-likeness (QED) is 0.691. The molecule has 2 aromatic rings. The number of ether oxygens (including phenoxy) is 2. The van der Waals surface area contributed by atoms with E-state index < -0.39 is 16.1 Å². The second-order valence-corrected chi connectivity index (χ2v) is 8.53. The van der Waals surface area contributed by atoms with Crippen LogP contribution in [0.3, 0.4) is 0 Å². The van der Waals surface area contributed by atoms with Crippen molar-refractivity contribution in [3.8, 4) is 11.5 Å². The van der Waals surface area contributed by atoms with Crippen LogP contribution in [0.4, 0.5) is 5.69 Å². The fourth-order valence-corrected chi connectivity index (χ4v) is 2.83. The monoisotopic (exact) mass is 406 g/mol. The van der Waals surface area contributed by atoms with Crippen molar-refractivity contribution in [2.45, 2.75) is 26.0 Å². The van der Waals surface area contributed by atoms with Crippen LogP contribution in [0.25, 0.3) is 0 Å². The Balaban J connectivity index is 1.84. The van der Waals surface area contributed by atoms with Gasteiger partial charge in [0.15, 0.2) is 6.10 Å². The molecule has 0 radical (unpaired) electrons. The summed E-state index contributed by atoms with van der Waals surface area (Å²) in [6, 6.07) is 15.7. The molecular formula is C20H26N2O5S. The van der Waals surface area contributed by atoms with E-state index in [4.69, 9.17) is 9.47 Å². The maximum atomic E-state index is 12.3. The number of anilines is 1. The molecule has 0 spiro atoms. The third-order valence-electron chi connectivity index (χ3n) is 4.01. The number of carbonyl (C=O) groups is 1. The van der Waals surface area contributed by atoms with Crippen molar-refractivity contribution in [2.24, 2.45) is 0 Å². The molecule has 2 atom stereocenters. The molecule has 7 nitrogen and oxygen atoms in total. The molecular weight excluding hydrogens is 380 g/mol. The van der Waals surface area contributed by atoms with Crippen LogP contribution in [0.5, 0.6) is 11.5 Å². The van der Waals surface area contributed by atoms with Gasteiger partial charge in [0.1, 0.15) is 18.1 Å².